The highest BCUT2D eigenvalue weighted by Crippen LogP contribution is 2.22. The first kappa shape index (κ1) is 11.2. The Hall–Kier alpha value is -0.890. The van der Waals surface area contributed by atoms with Gasteiger partial charge < -0.3 is 5.73 Å². The van der Waals surface area contributed by atoms with E-state index >= 15 is 0 Å². The Morgan fingerprint density at radius 3 is 2.57 bits per heavy atom. The summed E-state index contributed by atoms with van der Waals surface area (Å²) in [5, 5.41) is 0. The molecule has 0 aromatic heterocycles. The number of rotatable bonds is 3. The first-order chi connectivity index (χ1) is 6.50. The zero-order valence-electron chi connectivity index (χ0n) is 9.05. The smallest absolute Gasteiger partial charge is 0.123 e. The van der Waals surface area contributed by atoms with Crippen molar-refractivity contribution in [2.45, 2.75) is 33.2 Å². The lowest BCUT2D eigenvalue weighted by atomic mass is 9.94. The van der Waals surface area contributed by atoms with Crippen LogP contribution in [0.3, 0.4) is 0 Å². The lowest BCUT2D eigenvalue weighted by Gasteiger charge is -2.16. The molecule has 1 nitrogen and oxygen atoms in total. The Morgan fingerprint density at radius 1 is 1.36 bits per heavy atom. The number of hydrogen-bond acceptors (Lipinski definition) is 1. The van der Waals surface area contributed by atoms with Gasteiger partial charge in [0.1, 0.15) is 5.82 Å². The number of nitrogens with two attached hydrogens (primary N) is 1. The number of halogens is 1. The van der Waals surface area contributed by atoms with Gasteiger partial charge in [0, 0.05) is 6.04 Å². The van der Waals surface area contributed by atoms with E-state index in [-0.39, 0.29) is 11.9 Å². The molecule has 78 valence electrons. The minimum Gasteiger partial charge on any atom is -0.324 e. The van der Waals surface area contributed by atoms with E-state index < -0.39 is 0 Å². The Bertz CT molecular complexity index is 307. The summed E-state index contributed by atoms with van der Waals surface area (Å²) in [6, 6.07) is 4.75. The van der Waals surface area contributed by atoms with Gasteiger partial charge in [-0.05, 0) is 42.5 Å². The Balaban J connectivity index is 2.88. The van der Waals surface area contributed by atoms with Gasteiger partial charge in [-0.3, -0.25) is 0 Å². The summed E-state index contributed by atoms with van der Waals surface area (Å²) >= 11 is 0. The quantitative estimate of drug-likeness (QED) is 0.787. The second-order valence-corrected chi connectivity index (χ2v) is 4.24. The van der Waals surface area contributed by atoms with Gasteiger partial charge in [0.05, 0.1) is 0 Å². The second-order valence-electron chi connectivity index (χ2n) is 4.24. The Morgan fingerprint density at radius 2 is 2.00 bits per heavy atom. The maximum absolute atomic E-state index is 13.0. The van der Waals surface area contributed by atoms with Crippen LogP contribution in [-0.2, 0) is 0 Å². The summed E-state index contributed by atoms with van der Waals surface area (Å²) in [5.41, 5.74) is 8.00. The molecule has 2 heteroatoms. The van der Waals surface area contributed by atoms with E-state index in [1.807, 2.05) is 6.92 Å². The highest BCUT2D eigenvalue weighted by molar-refractivity contribution is 5.29. The highest BCUT2D eigenvalue weighted by Gasteiger charge is 2.11. The van der Waals surface area contributed by atoms with Crippen molar-refractivity contribution in [2.75, 3.05) is 0 Å². The minimum absolute atomic E-state index is 0.0503. The molecule has 1 rings (SSSR count). The molecule has 0 fully saturated rings. The van der Waals surface area contributed by atoms with E-state index in [9.17, 15) is 4.39 Å². The van der Waals surface area contributed by atoms with Gasteiger partial charge in [-0.1, -0.05) is 19.9 Å². The lowest BCUT2D eigenvalue weighted by molar-refractivity contribution is 0.505. The van der Waals surface area contributed by atoms with Crippen molar-refractivity contribution in [3.8, 4) is 0 Å². The van der Waals surface area contributed by atoms with Crippen molar-refractivity contribution >= 4 is 0 Å². The minimum atomic E-state index is -0.204. The number of hydrogen-bond donors (Lipinski definition) is 1. The zero-order valence-corrected chi connectivity index (χ0v) is 9.05. The van der Waals surface area contributed by atoms with Gasteiger partial charge in [0.15, 0.2) is 0 Å². The molecule has 14 heavy (non-hydrogen) atoms. The molecule has 1 aromatic rings. The normalized spacial score (nSPS) is 13.3. The van der Waals surface area contributed by atoms with Crippen molar-refractivity contribution in [2.24, 2.45) is 11.7 Å². The summed E-state index contributed by atoms with van der Waals surface area (Å²) in [5.74, 6) is 0.331. The average molecular weight is 195 g/mol. The molecule has 0 bridgehead atoms. The topological polar surface area (TPSA) is 26.0 Å². The van der Waals surface area contributed by atoms with Crippen LogP contribution in [0.1, 0.15) is 37.4 Å². The maximum atomic E-state index is 13.0. The van der Waals surface area contributed by atoms with Gasteiger partial charge in [-0.2, -0.15) is 0 Å². The van der Waals surface area contributed by atoms with Crippen LogP contribution in [0.5, 0.6) is 0 Å². The van der Waals surface area contributed by atoms with Gasteiger partial charge in [0.25, 0.3) is 0 Å². The van der Waals surface area contributed by atoms with Crippen molar-refractivity contribution in [1.29, 1.82) is 0 Å². The molecule has 0 radical (unpaired) electrons. The third kappa shape index (κ3) is 2.81. The van der Waals surface area contributed by atoms with E-state index in [1.165, 1.54) is 6.07 Å². The fourth-order valence-corrected chi connectivity index (χ4v) is 1.65. The molecule has 0 aliphatic carbocycles. The van der Waals surface area contributed by atoms with Gasteiger partial charge in [-0.15, -0.1) is 0 Å². The summed E-state index contributed by atoms with van der Waals surface area (Å²) < 4.78 is 13.0. The van der Waals surface area contributed by atoms with E-state index in [0.29, 0.717) is 5.92 Å². The fraction of sp³-hybridized carbons (Fsp3) is 0.500. The van der Waals surface area contributed by atoms with Crippen molar-refractivity contribution in [3.63, 3.8) is 0 Å². The van der Waals surface area contributed by atoms with E-state index in [0.717, 1.165) is 17.5 Å². The molecule has 0 amide bonds. The number of aryl methyl sites for hydroxylation is 1. The third-order valence-electron chi connectivity index (χ3n) is 2.37. The molecular formula is C12H18FN. The van der Waals surface area contributed by atoms with Gasteiger partial charge in [-0.25, -0.2) is 4.39 Å². The monoisotopic (exact) mass is 195 g/mol. The van der Waals surface area contributed by atoms with Crippen LogP contribution in [0.25, 0.3) is 0 Å². The van der Waals surface area contributed by atoms with Crippen LogP contribution in [0.2, 0.25) is 0 Å². The molecule has 0 aliphatic rings. The molecule has 1 atom stereocenters. The molecule has 0 heterocycles. The predicted octanol–water partition coefficient (Wildman–Crippen LogP) is 3.18. The fourth-order valence-electron chi connectivity index (χ4n) is 1.65. The number of benzene rings is 1. The average Bonchev–Trinajstić information content (AvgIpc) is 2.08. The van der Waals surface area contributed by atoms with Crippen LogP contribution >= 0.6 is 0 Å². The van der Waals surface area contributed by atoms with Gasteiger partial charge in [0.2, 0.25) is 0 Å². The van der Waals surface area contributed by atoms with E-state index in [2.05, 4.69) is 13.8 Å². The molecule has 0 aliphatic heterocycles. The van der Waals surface area contributed by atoms with Crippen LogP contribution in [0.4, 0.5) is 4.39 Å². The van der Waals surface area contributed by atoms with Crippen LogP contribution < -0.4 is 5.73 Å². The first-order valence-corrected chi connectivity index (χ1v) is 5.02. The molecule has 0 spiro atoms. The summed E-state index contributed by atoms with van der Waals surface area (Å²) in [7, 11) is 0. The van der Waals surface area contributed by atoms with E-state index in [4.69, 9.17) is 5.73 Å². The Labute approximate surface area is 85.1 Å². The Kier molecular flexibility index (Phi) is 3.64. The molecule has 1 aromatic carbocycles. The maximum Gasteiger partial charge on any atom is 0.123 e. The lowest BCUT2D eigenvalue weighted by Crippen LogP contribution is -2.14. The first-order valence-electron chi connectivity index (χ1n) is 5.02. The third-order valence-corrected chi connectivity index (χ3v) is 2.37. The zero-order chi connectivity index (χ0) is 10.7. The molecule has 0 saturated heterocycles. The standard InChI is InChI=1S/C12H18FN/c1-8(2)6-12(14)11-7-10(13)5-4-9(11)3/h4-5,7-8,12H,6,14H2,1-3H3. The van der Waals surface area contributed by atoms with Crippen molar-refractivity contribution in [3.05, 3.63) is 35.1 Å². The largest absolute Gasteiger partial charge is 0.324 e. The SMILES string of the molecule is Cc1ccc(F)cc1C(N)CC(C)C. The molecular weight excluding hydrogens is 177 g/mol. The van der Waals surface area contributed by atoms with E-state index in [1.54, 1.807) is 12.1 Å². The van der Waals surface area contributed by atoms with Crippen LogP contribution in [0, 0.1) is 18.7 Å². The summed E-state index contributed by atoms with van der Waals surface area (Å²) in [6.45, 7) is 6.21. The second kappa shape index (κ2) is 4.56. The van der Waals surface area contributed by atoms with Crippen LogP contribution in [-0.4, -0.2) is 0 Å². The van der Waals surface area contributed by atoms with Crippen molar-refractivity contribution < 1.29 is 4.39 Å². The highest BCUT2D eigenvalue weighted by atomic mass is 19.1. The van der Waals surface area contributed by atoms with Crippen molar-refractivity contribution in [1.82, 2.24) is 0 Å². The predicted molar refractivity (Wildman–Crippen MR) is 57.5 cm³/mol. The van der Waals surface area contributed by atoms with Gasteiger partial charge >= 0.3 is 0 Å². The van der Waals surface area contributed by atoms with Crippen LogP contribution in [0.15, 0.2) is 18.2 Å². The molecule has 2 N–H and O–H groups in total. The summed E-state index contributed by atoms with van der Waals surface area (Å²) in [6.07, 6.45) is 0.893. The molecule has 1 unspecified atom stereocenters. The summed E-state index contributed by atoms with van der Waals surface area (Å²) in [4.78, 5) is 0. The molecule has 0 saturated carbocycles.